The van der Waals surface area contributed by atoms with Crippen LogP contribution in [0, 0.1) is 0 Å². The number of benzene rings is 1. The average Bonchev–Trinajstić information content (AvgIpc) is 2.28. The van der Waals surface area contributed by atoms with Crippen LogP contribution in [0.25, 0.3) is 10.9 Å². The number of para-hydroxylation sites is 1. The van der Waals surface area contributed by atoms with Crippen LogP contribution < -0.4 is 5.32 Å². The highest BCUT2D eigenvalue weighted by molar-refractivity contribution is 5.78. The van der Waals surface area contributed by atoms with Gasteiger partial charge in [-0.3, -0.25) is 9.78 Å². The Hall–Kier alpha value is -1.90. The monoisotopic (exact) mass is 214 g/mol. The van der Waals surface area contributed by atoms with Crippen molar-refractivity contribution in [3.63, 3.8) is 0 Å². The molecule has 0 spiro atoms. The fourth-order valence-corrected chi connectivity index (χ4v) is 1.61. The molecule has 2 aromatic rings. The summed E-state index contributed by atoms with van der Waals surface area (Å²) >= 11 is 0. The van der Waals surface area contributed by atoms with Gasteiger partial charge in [0, 0.05) is 31.0 Å². The molecule has 16 heavy (non-hydrogen) atoms. The van der Waals surface area contributed by atoms with Gasteiger partial charge >= 0.3 is 0 Å². The van der Waals surface area contributed by atoms with Crippen molar-refractivity contribution in [3.8, 4) is 0 Å². The molecule has 2 rings (SSSR count). The van der Waals surface area contributed by atoms with Gasteiger partial charge in [-0.1, -0.05) is 24.3 Å². The largest absolute Gasteiger partial charge is 0.356 e. The van der Waals surface area contributed by atoms with Gasteiger partial charge in [-0.05, 0) is 12.1 Å². The third kappa shape index (κ3) is 2.57. The lowest BCUT2D eigenvalue weighted by atomic mass is 10.2. The van der Waals surface area contributed by atoms with Crippen molar-refractivity contribution in [2.24, 2.45) is 0 Å². The zero-order chi connectivity index (χ0) is 11.4. The SMILES string of the molecule is CC(=O)NCCc1ccc2ccccc2n1. The van der Waals surface area contributed by atoms with Crippen LogP contribution in [0.2, 0.25) is 0 Å². The Bertz CT molecular complexity index is 508. The number of pyridine rings is 1. The Labute approximate surface area is 94.5 Å². The van der Waals surface area contributed by atoms with Crippen LogP contribution in [0.4, 0.5) is 0 Å². The maximum absolute atomic E-state index is 10.7. The normalized spacial score (nSPS) is 10.3. The molecule has 82 valence electrons. The lowest BCUT2D eigenvalue weighted by molar-refractivity contribution is -0.118. The summed E-state index contributed by atoms with van der Waals surface area (Å²) in [6, 6.07) is 12.1. The molecular weight excluding hydrogens is 200 g/mol. The van der Waals surface area contributed by atoms with E-state index in [9.17, 15) is 4.79 Å². The zero-order valence-electron chi connectivity index (χ0n) is 9.23. The van der Waals surface area contributed by atoms with Crippen LogP contribution in [0.5, 0.6) is 0 Å². The number of carbonyl (C=O) groups excluding carboxylic acids is 1. The third-order valence-corrected chi connectivity index (χ3v) is 2.41. The van der Waals surface area contributed by atoms with Crippen molar-refractivity contribution < 1.29 is 4.79 Å². The van der Waals surface area contributed by atoms with Crippen molar-refractivity contribution in [1.82, 2.24) is 10.3 Å². The van der Waals surface area contributed by atoms with Gasteiger partial charge in [0.05, 0.1) is 5.52 Å². The summed E-state index contributed by atoms with van der Waals surface area (Å²) in [5, 5.41) is 3.91. The van der Waals surface area contributed by atoms with E-state index in [1.54, 1.807) is 0 Å². The number of amides is 1. The quantitative estimate of drug-likeness (QED) is 0.848. The molecule has 1 N–H and O–H groups in total. The lowest BCUT2D eigenvalue weighted by Gasteiger charge is -2.03. The Morgan fingerprint density at radius 3 is 2.88 bits per heavy atom. The number of carbonyl (C=O) groups is 1. The van der Waals surface area contributed by atoms with Gasteiger partial charge in [0.1, 0.15) is 0 Å². The van der Waals surface area contributed by atoms with Gasteiger partial charge in [0.2, 0.25) is 5.91 Å². The number of aromatic nitrogens is 1. The summed E-state index contributed by atoms with van der Waals surface area (Å²) in [5.74, 6) is 0.000731. The zero-order valence-corrected chi connectivity index (χ0v) is 9.23. The van der Waals surface area contributed by atoms with Gasteiger partial charge in [-0.25, -0.2) is 0 Å². The first kappa shape index (κ1) is 10.6. The van der Waals surface area contributed by atoms with E-state index in [0.29, 0.717) is 6.54 Å². The van der Waals surface area contributed by atoms with Gasteiger partial charge < -0.3 is 5.32 Å². The number of hydrogen-bond acceptors (Lipinski definition) is 2. The van der Waals surface area contributed by atoms with Crippen molar-refractivity contribution in [2.45, 2.75) is 13.3 Å². The summed E-state index contributed by atoms with van der Waals surface area (Å²) in [5.41, 5.74) is 2.01. The topological polar surface area (TPSA) is 42.0 Å². The first-order valence-electron chi connectivity index (χ1n) is 5.35. The molecule has 3 nitrogen and oxygen atoms in total. The fourth-order valence-electron chi connectivity index (χ4n) is 1.61. The van der Waals surface area contributed by atoms with Crippen molar-refractivity contribution in [1.29, 1.82) is 0 Å². The Balaban J connectivity index is 2.10. The molecule has 0 bridgehead atoms. The second-order valence-corrected chi connectivity index (χ2v) is 3.73. The molecule has 1 heterocycles. The molecular formula is C13H14N2O. The first-order chi connectivity index (χ1) is 7.75. The maximum Gasteiger partial charge on any atom is 0.216 e. The minimum Gasteiger partial charge on any atom is -0.356 e. The number of rotatable bonds is 3. The van der Waals surface area contributed by atoms with Crippen LogP contribution in [0.3, 0.4) is 0 Å². The number of fused-ring (bicyclic) bond motifs is 1. The molecule has 0 aliphatic heterocycles. The highest BCUT2D eigenvalue weighted by Crippen LogP contribution is 2.11. The minimum absolute atomic E-state index is 0.000731. The summed E-state index contributed by atoms with van der Waals surface area (Å²) in [6.07, 6.45) is 0.768. The molecule has 0 saturated carbocycles. The maximum atomic E-state index is 10.7. The van der Waals surface area contributed by atoms with Gasteiger partial charge in [0.15, 0.2) is 0 Å². The Morgan fingerprint density at radius 2 is 2.06 bits per heavy atom. The molecule has 0 aliphatic rings. The van der Waals surface area contributed by atoms with Gasteiger partial charge in [-0.2, -0.15) is 0 Å². The molecule has 3 heteroatoms. The number of nitrogens with zero attached hydrogens (tertiary/aromatic N) is 1. The van der Waals surface area contributed by atoms with E-state index in [1.807, 2.05) is 30.3 Å². The first-order valence-corrected chi connectivity index (χ1v) is 5.35. The molecule has 0 unspecified atom stereocenters. The van der Waals surface area contributed by atoms with Crippen molar-refractivity contribution in [3.05, 3.63) is 42.1 Å². The highest BCUT2D eigenvalue weighted by Gasteiger charge is 1.98. The molecule has 1 aromatic heterocycles. The van der Waals surface area contributed by atoms with Gasteiger partial charge in [0.25, 0.3) is 0 Å². The lowest BCUT2D eigenvalue weighted by Crippen LogP contribution is -2.22. The predicted molar refractivity (Wildman–Crippen MR) is 64.1 cm³/mol. The van der Waals surface area contributed by atoms with Crippen LogP contribution in [-0.2, 0) is 11.2 Å². The van der Waals surface area contributed by atoms with E-state index in [0.717, 1.165) is 23.0 Å². The summed E-state index contributed by atoms with van der Waals surface area (Å²) in [7, 11) is 0. The second kappa shape index (κ2) is 4.75. The van der Waals surface area contributed by atoms with Crippen LogP contribution in [0.15, 0.2) is 36.4 Å². The summed E-state index contributed by atoms with van der Waals surface area (Å²) in [6.45, 7) is 2.16. The average molecular weight is 214 g/mol. The molecule has 0 atom stereocenters. The van der Waals surface area contributed by atoms with E-state index in [1.165, 1.54) is 6.92 Å². The smallest absolute Gasteiger partial charge is 0.216 e. The molecule has 1 amide bonds. The minimum atomic E-state index is 0.000731. The van der Waals surface area contributed by atoms with E-state index in [-0.39, 0.29) is 5.91 Å². The summed E-state index contributed by atoms with van der Waals surface area (Å²) in [4.78, 5) is 15.2. The number of nitrogens with one attached hydrogen (secondary N) is 1. The Morgan fingerprint density at radius 1 is 1.25 bits per heavy atom. The standard InChI is InChI=1S/C13H14N2O/c1-10(16)14-9-8-12-7-6-11-4-2-3-5-13(11)15-12/h2-7H,8-9H2,1H3,(H,14,16). The van der Waals surface area contributed by atoms with E-state index in [2.05, 4.69) is 16.4 Å². The second-order valence-electron chi connectivity index (χ2n) is 3.73. The van der Waals surface area contributed by atoms with Crippen LogP contribution in [-0.4, -0.2) is 17.4 Å². The fraction of sp³-hybridized carbons (Fsp3) is 0.231. The van der Waals surface area contributed by atoms with Gasteiger partial charge in [-0.15, -0.1) is 0 Å². The van der Waals surface area contributed by atoms with Crippen molar-refractivity contribution in [2.75, 3.05) is 6.54 Å². The molecule has 0 radical (unpaired) electrons. The third-order valence-electron chi connectivity index (χ3n) is 2.41. The molecule has 0 aliphatic carbocycles. The molecule has 0 saturated heterocycles. The molecule has 0 fully saturated rings. The van der Waals surface area contributed by atoms with Crippen molar-refractivity contribution >= 4 is 16.8 Å². The Kier molecular flexibility index (Phi) is 3.15. The van der Waals surface area contributed by atoms with E-state index < -0.39 is 0 Å². The van der Waals surface area contributed by atoms with E-state index >= 15 is 0 Å². The predicted octanol–water partition coefficient (Wildman–Crippen LogP) is 1.91. The van der Waals surface area contributed by atoms with Crippen LogP contribution in [0.1, 0.15) is 12.6 Å². The highest BCUT2D eigenvalue weighted by atomic mass is 16.1. The summed E-state index contributed by atoms with van der Waals surface area (Å²) < 4.78 is 0. The van der Waals surface area contributed by atoms with Crippen LogP contribution >= 0.6 is 0 Å². The number of hydrogen-bond donors (Lipinski definition) is 1. The molecule has 1 aromatic carbocycles. The van der Waals surface area contributed by atoms with E-state index in [4.69, 9.17) is 0 Å².